The molecule has 1 saturated heterocycles. The number of nitrogens with zero attached hydrogens (tertiary/aromatic N) is 3. The third kappa shape index (κ3) is 3.69. The molecule has 0 bridgehead atoms. The van der Waals surface area contributed by atoms with E-state index in [1.165, 1.54) is 5.56 Å². The summed E-state index contributed by atoms with van der Waals surface area (Å²) in [5.41, 5.74) is 3.19. The van der Waals surface area contributed by atoms with Crippen molar-refractivity contribution >= 4 is 40.2 Å². The van der Waals surface area contributed by atoms with Crippen molar-refractivity contribution in [2.45, 2.75) is 11.7 Å². The molecule has 1 amide bonds. The highest BCUT2D eigenvalue weighted by atomic mass is 35.5. The number of hydrogen-bond acceptors (Lipinski definition) is 4. The summed E-state index contributed by atoms with van der Waals surface area (Å²) in [6.45, 7) is 1.47. The predicted octanol–water partition coefficient (Wildman–Crippen LogP) is 4.14. The van der Waals surface area contributed by atoms with Crippen LogP contribution < -0.4 is 0 Å². The van der Waals surface area contributed by atoms with E-state index in [0.29, 0.717) is 11.7 Å². The number of amides is 1. The summed E-state index contributed by atoms with van der Waals surface area (Å²) in [5, 5.41) is 1.82. The Labute approximate surface area is 161 Å². The number of benzene rings is 2. The average Bonchev–Trinajstić information content (AvgIpc) is 2.62. The lowest BCUT2D eigenvalue weighted by Crippen LogP contribution is -2.49. The molecule has 0 atom stereocenters. The quantitative estimate of drug-likeness (QED) is 0.664. The van der Waals surface area contributed by atoms with Crippen LogP contribution in [0.15, 0.2) is 54.9 Å². The molecular weight excluding hydrogens is 366 g/mol. The van der Waals surface area contributed by atoms with Crippen molar-refractivity contribution in [1.82, 2.24) is 14.9 Å². The molecule has 26 heavy (non-hydrogen) atoms. The van der Waals surface area contributed by atoms with E-state index >= 15 is 0 Å². The molecule has 0 unspecified atom stereocenters. The molecule has 1 aromatic heterocycles. The molecule has 1 fully saturated rings. The van der Waals surface area contributed by atoms with E-state index in [1.807, 2.05) is 47.4 Å². The summed E-state index contributed by atoms with van der Waals surface area (Å²) in [6, 6.07) is 15.8. The van der Waals surface area contributed by atoms with E-state index in [9.17, 15) is 4.79 Å². The second-order valence-electron chi connectivity index (χ2n) is 6.39. The first-order valence-corrected chi connectivity index (χ1v) is 10.0. The van der Waals surface area contributed by atoms with E-state index in [0.717, 1.165) is 40.5 Å². The Bertz CT molecular complexity index is 920. The number of para-hydroxylation sites is 1. The molecule has 2 heterocycles. The molecule has 4 rings (SSSR count). The van der Waals surface area contributed by atoms with Crippen LogP contribution in [0.1, 0.15) is 17.2 Å². The Morgan fingerprint density at radius 2 is 1.88 bits per heavy atom. The monoisotopic (exact) mass is 383 g/mol. The Balaban J connectivity index is 1.30. The number of likely N-dealkylation sites (tertiary alicyclic amines) is 1. The van der Waals surface area contributed by atoms with Gasteiger partial charge in [-0.05, 0) is 23.8 Å². The van der Waals surface area contributed by atoms with Crippen LogP contribution in [0.25, 0.3) is 10.9 Å². The number of rotatable bonds is 5. The second-order valence-corrected chi connectivity index (χ2v) is 7.81. The highest BCUT2D eigenvalue weighted by Gasteiger charge is 2.33. The molecular formula is C20H18ClN3OS. The largest absolute Gasteiger partial charge is 0.341 e. The van der Waals surface area contributed by atoms with E-state index < -0.39 is 0 Å². The fourth-order valence-electron chi connectivity index (χ4n) is 3.13. The Morgan fingerprint density at radius 1 is 1.12 bits per heavy atom. The van der Waals surface area contributed by atoms with E-state index in [4.69, 9.17) is 11.6 Å². The Morgan fingerprint density at radius 3 is 2.69 bits per heavy atom. The van der Waals surface area contributed by atoms with Gasteiger partial charge in [0.2, 0.25) is 5.91 Å². The summed E-state index contributed by atoms with van der Waals surface area (Å²) in [4.78, 5) is 23.0. The first-order chi connectivity index (χ1) is 12.7. The van der Waals surface area contributed by atoms with Crippen molar-refractivity contribution in [2.24, 2.45) is 0 Å². The topological polar surface area (TPSA) is 46.1 Å². The van der Waals surface area contributed by atoms with Crippen molar-refractivity contribution < 1.29 is 4.79 Å². The van der Waals surface area contributed by atoms with Gasteiger partial charge in [-0.25, -0.2) is 9.97 Å². The number of carbonyl (C=O) groups excluding carboxylic acids is 1. The summed E-state index contributed by atoms with van der Waals surface area (Å²) in [7, 11) is 0. The lowest BCUT2D eigenvalue weighted by molar-refractivity contribution is -0.132. The van der Waals surface area contributed by atoms with E-state index in [-0.39, 0.29) is 5.91 Å². The van der Waals surface area contributed by atoms with Gasteiger partial charge in [0.15, 0.2) is 0 Å². The van der Waals surface area contributed by atoms with Crippen molar-refractivity contribution in [2.75, 3.05) is 18.8 Å². The summed E-state index contributed by atoms with van der Waals surface area (Å²) >= 11 is 7.53. The highest BCUT2D eigenvalue weighted by Crippen LogP contribution is 2.30. The van der Waals surface area contributed by atoms with Crippen LogP contribution in [0.3, 0.4) is 0 Å². The number of hydrogen-bond donors (Lipinski definition) is 0. The van der Waals surface area contributed by atoms with Gasteiger partial charge in [-0.3, -0.25) is 4.79 Å². The third-order valence-electron chi connectivity index (χ3n) is 4.60. The van der Waals surface area contributed by atoms with E-state index in [1.54, 1.807) is 18.1 Å². The molecule has 0 saturated carbocycles. The first kappa shape index (κ1) is 17.3. The van der Waals surface area contributed by atoms with Gasteiger partial charge in [0.25, 0.3) is 0 Å². The molecule has 3 aromatic rings. The van der Waals surface area contributed by atoms with Crippen LogP contribution in [0, 0.1) is 0 Å². The van der Waals surface area contributed by atoms with Gasteiger partial charge in [0.05, 0.1) is 17.0 Å². The lowest BCUT2D eigenvalue weighted by Gasteiger charge is -2.39. The average molecular weight is 384 g/mol. The minimum atomic E-state index is 0.193. The van der Waals surface area contributed by atoms with Crippen molar-refractivity contribution in [3.05, 3.63) is 71.1 Å². The maximum absolute atomic E-state index is 12.4. The maximum Gasteiger partial charge on any atom is 0.232 e. The lowest BCUT2D eigenvalue weighted by atomic mass is 9.93. The van der Waals surface area contributed by atoms with Gasteiger partial charge in [-0.15, -0.1) is 11.8 Å². The molecule has 1 aliphatic heterocycles. The van der Waals surface area contributed by atoms with Gasteiger partial charge in [-0.2, -0.15) is 0 Å². The smallest absolute Gasteiger partial charge is 0.232 e. The summed E-state index contributed by atoms with van der Waals surface area (Å²) in [5.74, 6) is 1.81. The van der Waals surface area contributed by atoms with Crippen LogP contribution in [0.4, 0.5) is 0 Å². The SMILES string of the molecule is O=C(CSCc1ccc(Cl)cc1)N1CC(c2ncnc3ccccc23)C1. The van der Waals surface area contributed by atoms with Gasteiger partial charge >= 0.3 is 0 Å². The second kappa shape index (κ2) is 7.64. The summed E-state index contributed by atoms with van der Waals surface area (Å²) < 4.78 is 0. The molecule has 0 N–H and O–H groups in total. The maximum atomic E-state index is 12.4. The minimum absolute atomic E-state index is 0.193. The normalized spacial score (nSPS) is 14.4. The standard InChI is InChI=1S/C20H18ClN3OS/c21-16-7-5-14(6-8-16)11-26-12-19(25)24-9-15(10-24)20-17-3-1-2-4-18(17)22-13-23-20/h1-8,13,15H,9-12H2. The zero-order valence-corrected chi connectivity index (χ0v) is 15.7. The molecule has 0 spiro atoms. The summed E-state index contributed by atoms with van der Waals surface area (Å²) in [6.07, 6.45) is 1.62. The van der Waals surface area contributed by atoms with Crippen LogP contribution in [0.2, 0.25) is 5.02 Å². The predicted molar refractivity (Wildman–Crippen MR) is 106 cm³/mol. The third-order valence-corrected chi connectivity index (χ3v) is 5.84. The van der Waals surface area contributed by atoms with Crippen molar-refractivity contribution in [3.63, 3.8) is 0 Å². The fourth-order valence-corrected chi connectivity index (χ4v) is 4.15. The van der Waals surface area contributed by atoms with Gasteiger partial charge in [0.1, 0.15) is 6.33 Å². The number of thioether (sulfide) groups is 1. The zero-order chi connectivity index (χ0) is 17.9. The highest BCUT2D eigenvalue weighted by molar-refractivity contribution is 7.99. The molecule has 0 radical (unpaired) electrons. The number of aromatic nitrogens is 2. The van der Waals surface area contributed by atoms with E-state index in [2.05, 4.69) is 16.0 Å². The van der Waals surface area contributed by atoms with Crippen molar-refractivity contribution in [3.8, 4) is 0 Å². The van der Waals surface area contributed by atoms with Crippen molar-refractivity contribution in [1.29, 1.82) is 0 Å². The Kier molecular flexibility index (Phi) is 5.09. The molecule has 4 nitrogen and oxygen atoms in total. The van der Waals surface area contributed by atoms with Gasteiger partial charge < -0.3 is 4.90 Å². The van der Waals surface area contributed by atoms with Crippen LogP contribution in [-0.2, 0) is 10.5 Å². The number of carbonyl (C=O) groups is 1. The van der Waals surface area contributed by atoms with Gasteiger partial charge in [0, 0.05) is 35.2 Å². The van der Waals surface area contributed by atoms with Crippen LogP contribution in [0.5, 0.6) is 0 Å². The Hall–Kier alpha value is -2.11. The first-order valence-electron chi connectivity index (χ1n) is 8.50. The molecule has 0 aliphatic carbocycles. The number of halogens is 1. The minimum Gasteiger partial charge on any atom is -0.341 e. The number of fused-ring (bicyclic) bond motifs is 1. The molecule has 6 heteroatoms. The molecule has 132 valence electrons. The van der Waals surface area contributed by atoms with Crippen LogP contribution >= 0.6 is 23.4 Å². The molecule has 1 aliphatic rings. The fraction of sp³-hybridized carbons (Fsp3) is 0.250. The van der Waals surface area contributed by atoms with Crippen LogP contribution in [-0.4, -0.2) is 39.6 Å². The zero-order valence-electron chi connectivity index (χ0n) is 14.1. The molecule has 2 aromatic carbocycles. The van der Waals surface area contributed by atoms with Gasteiger partial charge in [-0.1, -0.05) is 41.9 Å².